The Bertz CT molecular complexity index is 1110. The van der Waals surface area contributed by atoms with E-state index in [0.717, 1.165) is 17.5 Å². The first-order chi connectivity index (χ1) is 14.1. The van der Waals surface area contributed by atoms with Crippen molar-refractivity contribution in [2.45, 2.75) is 31.5 Å². The molecular formula is C21H23N5O3. The second-order valence-corrected chi connectivity index (χ2v) is 8.10. The number of aromatic nitrogens is 4. The first kappa shape index (κ1) is 18.1. The van der Waals surface area contributed by atoms with E-state index in [2.05, 4.69) is 14.5 Å². The molecule has 1 N–H and O–H groups in total. The summed E-state index contributed by atoms with van der Waals surface area (Å²) in [5.74, 6) is 0.540. The summed E-state index contributed by atoms with van der Waals surface area (Å²) in [7, 11) is 0. The van der Waals surface area contributed by atoms with Gasteiger partial charge in [0.05, 0.1) is 29.5 Å². The van der Waals surface area contributed by atoms with Gasteiger partial charge in [0.25, 0.3) is 0 Å². The fourth-order valence-corrected chi connectivity index (χ4v) is 4.91. The maximum Gasteiger partial charge on any atom is 0.347 e. The van der Waals surface area contributed by atoms with Crippen LogP contribution in [-0.2, 0) is 11.3 Å². The molecule has 8 heteroatoms. The van der Waals surface area contributed by atoms with Crippen LogP contribution in [0.2, 0.25) is 0 Å². The first-order valence-corrected chi connectivity index (χ1v) is 9.99. The van der Waals surface area contributed by atoms with Gasteiger partial charge in [0.1, 0.15) is 6.54 Å². The second kappa shape index (κ2) is 7.11. The molecule has 0 bridgehead atoms. The van der Waals surface area contributed by atoms with Crippen molar-refractivity contribution in [3.05, 3.63) is 59.5 Å². The molecule has 0 spiro atoms. The summed E-state index contributed by atoms with van der Waals surface area (Å²) in [5, 5.41) is 10.8. The number of likely N-dealkylation sites (tertiary alicyclic amines) is 1. The SMILES string of the molecule is O=C(Cn1cccnc1=O)N1C[C@H]2C[C@@H](n3cnc4ccccc43)[C@H](O)C[C@H]2C1. The van der Waals surface area contributed by atoms with Crippen LogP contribution in [-0.4, -0.2) is 54.2 Å². The van der Waals surface area contributed by atoms with Crippen molar-refractivity contribution in [1.82, 2.24) is 24.0 Å². The van der Waals surface area contributed by atoms with Crippen molar-refractivity contribution in [2.75, 3.05) is 13.1 Å². The molecule has 8 nitrogen and oxygen atoms in total. The number of hydrogen-bond donors (Lipinski definition) is 1. The van der Waals surface area contributed by atoms with Gasteiger partial charge in [-0.3, -0.25) is 9.36 Å². The summed E-state index contributed by atoms with van der Waals surface area (Å²) in [5.41, 5.74) is 1.53. The van der Waals surface area contributed by atoms with Crippen molar-refractivity contribution >= 4 is 16.9 Å². The van der Waals surface area contributed by atoms with Crippen LogP contribution in [0.4, 0.5) is 0 Å². The van der Waals surface area contributed by atoms with Crippen molar-refractivity contribution in [3.63, 3.8) is 0 Å². The molecule has 29 heavy (non-hydrogen) atoms. The lowest BCUT2D eigenvalue weighted by Gasteiger charge is -2.36. The van der Waals surface area contributed by atoms with E-state index < -0.39 is 11.8 Å². The van der Waals surface area contributed by atoms with Crippen LogP contribution in [0.25, 0.3) is 11.0 Å². The van der Waals surface area contributed by atoms with Crippen LogP contribution in [0, 0.1) is 11.8 Å². The topological polar surface area (TPSA) is 93.3 Å². The first-order valence-electron chi connectivity index (χ1n) is 9.99. The number of aliphatic hydroxyl groups is 1. The Morgan fingerprint density at radius 1 is 1.10 bits per heavy atom. The number of rotatable bonds is 3. The zero-order valence-electron chi connectivity index (χ0n) is 16.0. The number of hydrogen-bond acceptors (Lipinski definition) is 5. The summed E-state index contributed by atoms with van der Waals surface area (Å²) in [4.78, 5) is 34.5. The maximum atomic E-state index is 12.7. The minimum Gasteiger partial charge on any atom is -0.391 e. The third-order valence-corrected chi connectivity index (χ3v) is 6.39. The van der Waals surface area contributed by atoms with Crippen LogP contribution >= 0.6 is 0 Å². The Balaban J connectivity index is 1.32. The Morgan fingerprint density at radius 2 is 1.90 bits per heavy atom. The lowest BCUT2D eigenvalue weighted by molar-refractivity contribution is -0.131. The number of fused-ring (bicyclic) bond motifs is 2. The lowest BCUT2D eigenvalue weighted by atomic mass is 9.77. The highest BCUT2D eigenvalue weighted by Crippen LogP contribution is 2.42. The number of imidazole rings is 1. The van der Waals surface area contributed by atoms with Gasteiger partial charge in [0, 0.05) is 25.5 Å². The molecule has 1 aliphatic heterocycles. The third kappa shape index (κ3) is 3.23. The summed E-state index contributed by atoms with van der Waals surface area (Å²) < 4.78 is 3.41. The predicted octanol–water partition coefficient (Wildman–Crippen LogP) is 1.06. The molecule has 5 rings (SSSR count). The van der Waals surface area contributed by atoms with Gasteiger partial charge in [0.2, 0.25) is 5.91 Å². The van der Waals surface area contributed by atoms with E-state index in [4.69, 9.17) is 0 Å². The molecule has 2 aromatic heterocycles. The minimum atomic E-state index is -0.468. The average molecular weight is 393 g/mol. The molecule has 1 aromatic carbocycles. The van der Waals surface area contributed by atoms with Gasteiger partial charge in [-0.1, -0.05) is 12.1 Å². The van der Waals surface area contributed by atoms with Crippen molar-refractivity contribution in [3.8, 4) is 0 Å². The maximum absolute atomic E-state index is 12.7. The van der Waals surface area contributed by atoms with Crippen LogP contribution in [0.3, 0.4) is 0 Å². The number of nitrogens with zero attached hydrogens (tertiary/aromatic N) is 5. The molecule has 1 aliphatic carbocycles. The number of carbonyl (C=O) groups is 1. The van der Waals surface area contributed by atoms with E-state index in [9.17, 15) is 14.7 Å². The van der Waals surface area contributed by atoms with Crippen LogP contribution < -0.4 is 5.69 Å². The van der Waals surface area contributed by atoms with Gasteiger partial charge in [0.15, 0.2) is 0 Å². The standard InChI is InChI=1S/C21H23N5O3/c27-19-9-15-11-25(20(28)12-24-7-3-6-22-21(24)29)10-14(15)8-18(19)26-13-23-16-4-1-2-5-17(16)26/h1-7,13-15,18-19,27H,8-12H2/t14-,15+,18-,19-/m1/s1. The third-order valence-electron chi connectivity index (χ3n) is 6.39. The van der Waals surface area contributed by atoms with Gasteiger partial charge in [-0.05, 0) is 42.9 Å². The molecule has 3 heterocycles. The Kier molecular flexibility index (Phi) is 4.43. The van der Waals surface area contributed by atoms with Crippen molar-refractivity contribution < 1.29 is 9.90 Å². The molecule has 0 unspecified atom stereocenters. The van der Waals surface area contributed by atoms with Crippen molar-refractivity contribution in [1.29, 1.82) is 0 Å². The van der Waals surface area contributed by atoms with E-state index in [0.29, 0.717) is 25.4 Å². The van der Waals surface area contributed by atoms with Gasteiger partial charge < -0.3 is 14.6 Å². The van der Waals surface area contributed by atoms with E-state index in [1.807, 2.05) is 35.5 Å². The van der Waals surface area contributed by atoms with Gasteiger partial charge in [-0.2, -0.15) is 0 Å². The fraction of sp³-hybridized carbons (Fsp3) is 0.429. The second-order valence-electron chi connectivity index (χ2n) is 8.10. The molecule has 150 valence electrons. The highest BCUT2D eigenvalue weighted by atomic mass is 16.3. The average Bonchev–Trinajstić information content (AvgIpc) is 3.33. The Hall–Kier alpha value is -3.00. The van der Waals surface area contributed by atoms with Gasteiger partial charge >= 0.3 is 5.69 Å². The number of carbonyl (C=O) groups excluding carboxylic acids is 1. The van der Waals surface area contributed by atoms with Crippen LogP contribution in [0.15, 0.2) is 53.8 Å². The quantitative estimate of drug-likeness (QED) is 0.718. The molecule has 1 amide bonds. The fourth-order valence-electron chi connectivity index (χ4n) is 4.91. The molecule has 4 atom stereocenters. The largest absolute Gasteiger partial charge is 0.391 e. The zero-order chi connectivity index (χ0) is 20.0. The van der Waals surface area contributed by atoms with Crippen LogP contribution in [0.1, 0.15) is 18.9 Å². The molecule has 0 radical (unpaired) electrons. The number of para-hydroxylation sites is 2. The summed E-state index contributed by atoms with van der Waals surface area (Å²) >= 11 is 0. The highest BCUT2D eigenvalue weighted by molar-refractivity contribution is 5.76. The molecule has 1 saturated carbocycles. The summed E-state index contributed by atoms with van der Waals surface area (Å²) in [6, 6.07) is 9.54. The molecule has 2 fully saturated rings. The Morgan fingerprint density at radius 3 is 2.72 bits per heavy atom. The number of aliphatic hydroxyl groups excluding tert-OH is 1. The predicted molar refractivity (Wildman–Crippen MR) is 106 cm³/mol. The highest BCUT2D eigenvalue weighted by Gasteiger charge is 2.43. The summed E-state index contributed by atoms with van der Waals surface area (Å²) in [6.07, 6.45) is 5.83. The lowest BCUT2D eigenvalue weighted by Crippen LogP contribution is -2.36. The van der Waals surface area contributed by atoms with Crippen LogP contribution in [0.5, 0.6) is 0 Å². The van der Waals surface area contributed by atoms with E-state index in [1.165, 1.54) is 10.8 Å². The van der Waals surface area contributed by atoms with E-state index in [-0.39, 0.29) is 24.4 Å². The van der Waals surface area contributed by atoms with E-state index in [1.54, 1.807) is 12.3 Å². The van der Waals surface area contributed by atoms with E-state index >= 15 is 0 Å². The molecular weight excluding hydrogens is 370 g/mol. The van der Waals surface area contributed by atoms with Crippen molar-refractivity contribution in [2.24, 2.45) is 11.8 Å². The van der Waals surface area contributed by atoms with Gasteiger partial charge in [-0.25, -0.2) is 14.8 Å². The molecule has 1 saturated heterocycles. The monoisotopic (exact) mass is 393 g/mol. The summed E-state index contributed by atoms with van der Waals surface area (Å²) in [6.45, 7) is 1.30. The molecule has 3 aromatic rings. The minimum absolute atomic E-state index is 0.00422. The molecule has 2 aliphatic rings. The number of amides is 1. The smallest absolute Gasteiger partial charge is 0.347 e. The number of benzene rings is 1. The normalized spacial score (nSPS) is 26.6. The van der Waals surface area contributed by atoms with Gasteiger partial charge in [-0.15, -0.1) is 0 Å². The zero-order valence-corrected chi connectivity index (χ0v) is 16.0. The Labute approximate surface area is 167 Å².